The Morgan fingerprint density at radius 1 is 1.29 bits per heavy atom. The Morgan fingerprint density at radius 2 is 1.95 bits per heavy atom. The van der Waals surface area contributed by atoms with Crippen molar-refractivity contribution in [3.05, 3.63) is 47.0 Å². The van der Waals surface area contributed by atoms with Crippen LogP contribution in [-0.2, 0) is 21.4 Å². The molecule has 0 saturated carbocycles. The van der Waals surface area contributed by atoms with Gasteiger partial charge < -0.3 is 4.74 Å². The Bertz CT molecular complexity index is 635. The molecule has 1 aromatic rings. The first-order chi connectivity index (χ1) is 9.71. The number of fused-ring (bicyclic) bond motifs is 3. The minimum atomic E-state index is -0.445. The molecule has 2 aliphatic carbocycles. The Morgan fingerprint density at radius 3 is 2.57 bits per heavy atom. The number of hydrogen-bond acceptors (Lipinski definition) is 2. The number of benzene rings is 1. The highest BCUT2D eigenvalue weighted by molar-refractivity contribution is 5.75. The summed E-state index contributed by atoms with van der Waals surface area (Å²) in [7, 11) is 0. The van der Waals surface area contributed by atoms with Gasteiger partial charge in [-0.2, -0.15) is 0 Å². The van der Waals surface area contributed by atoms with Crippen LogP contribution in [0.1, 0.15) is 45.7 Å². The van der Waals surface area contributed by atoms with Gasteiger partial charge in [0.25, 0.3) is 0 Å². The SMILES string of the molecule is CC1=C[C@]2(C)c3ccccc3C[C@]12COC(=O)C(C)(C)C. The predicted molar refractivity (Wildman–Crippen MR) is 84.1 cm³/mol. The van der Waals surface area contributed by atoms with Crippen molar-refractivity contribution < 1.29 is 9.53 Å². The van der Waals surface area contributed by atoms with Gasteiger partial charge in [0.05, 0.1) is 5.41 Å². The monoisotopic (exact) mass is 284 g/mol. The van der Waals surface area contributed by atoms with Gasteiger partial charge in [0.15, 0.2) is 0 Å². The number of allylic oxidation sites excluding steroid dienone is 1. The lowest BCUT2D eigenvalue weighted by atomic mass is 9.53. The molecule has 0 heterocycles. The van der Waals surface area contributed by atoms with Crippen molar-refractivity contribution in [3.63, 3.8) is 0 Å². The maximum absolute atomic E-state index is 12.1. The summed E-state index contributed by atoms with van der Waals surface area (Å²) in [4.78, 5) is 12.1. The molecule has 2 atom stereocenters. The second-order valence-corrected chi connectivity index (χ2v) is 7.77. The second kappa shape index (κ2) is 4.22. The fourth-order valence-electron chi connectivity index (χ4n) is 3.93. The van der Waals surface area contributed by atoms with Crippen LogP contribution in [0.4, 0.5) is 0 Å². The van der Waals surface area contributed by atoms with E-state index in [4.69, 9.17) is 4.74 Å². The molecule has 0 spiro atoms. The van der Waals surface area contributed by atoms with E-state index in [0.29, 0.717) is 6.61 Å². The maximum atomic E-state index is 12.1. The minimum absolute atomic E-state index is 0.00579. The topological polar surface area (TPSA) is 26.3 Å². The molecule has 0 fully saturated rings. The van der Waals surface area contributed by atoms with Crippen LogP contribution in [0.25, 0.3) is 0 Å². The summed E-state index contributed by atoms with van der Waals surface area (Å²) in [6.45, 7) is 10.6. The number of ether oxygens (including phenoxy) is 1. The minimum Gasteiger partial charge on any atom is -0.464 e. The average Bonchev–Trinajstić information content (AvgIpc) is 2.61. The van der Waals surface area contributed by atoms with E-state index in [0.717, 1.165) is 6.42 Å². The average molecular weight is 284 g/mol. The summed E-state index contributed by atoms with van der Waals surface area (Å²) in [6.07, 6.45) is 3.31. The summed E-state index contributed by atoms with van der Waals surface area (Å²) in [6, 6.07) is 8.61. The van der Waals surface area contributed by atoms with Crippen molar-refractivity contribution in [2.24, 2.45) is 10.8 Å². The van der Waals surface area contributed by atoms with Crippen LogP contribution < -0.4 is 0 Å². The van der Waals surface area contributed by atoms with Crippen LogP contribution in [0, 0.1) is 10.8 Å². The van der Waals surface area contributed by atoms with E-state index in [1.807, 2.05) is 20.8 Å². The third kappa shape index (κ3) is 1.81. The summed E-state index contributed by atoms with van der Waals surface area (Å²) < 4.78 is 5.70. The van der Waals surface area contributed by atoms with E-state index < -0.39 is 5.41 Å². The molecule has 0 radical (unpaired) electrons. The highest BCUT2D eigenvalue weighted by Crippen LogP contribution is 2.63. The second-order valence-electron chi connectivity index (χ2n) is 7.77. The number of rotatable bonds is 2. The molecule has 0 amide bonds. The van der Waals surface area contributed by atoms with Gasteiger partial charge in [-0.25, -0.2) is 0 Å². The molecule has 0 bridgehead atoms. The van der Waals surface area contributed by atoms with Crippen molar-refractivity contribution in [1.82, 2.24) is 0 Å². The Labute approximate surface area is 127 Å². The Balaban J connectivity index is 1.89. The Kier molecular flexibility index (Phi) is 2.89. The van der Waals surface area contributed by atoms with Gasteiger partial charge in [0.1, 0.15) is 6.61 Å². The Hall–Kier alpha value is -1.57. The summed E-state index contributed by atoms with van der Waals surface area (Å²) >= 11 is 0. The quantitative estimate of drug-likeness (QED) is 0.605. The molecule has 2 nitrogen and oxygen atoms in total. The molecule has 2 heteroatoms. The molecule has 0 aromatic heterocycles. The predicted octanol–water partition coefficient (Wildman–Crippen LogP) is 4.04. The normalized spacial score (nSPS) is 30.0. The molecule has 3 rings (SSSR count). The van der Waals surface area contributed by atoms with Gasteiger partial charge in [-0.15, -0.1) is 0 Å². The lowest BCUT2D eigenvalue weighted by molar-refractivity contribution is -0.157. The zero-order chi connectivity index (χ0) is 15.5. The fraction of sp³-hybridized carbons (Fsp3) is 0.526. The van der Waals surface area contributed by atoms with Gasteiger partial charge in [-0.3, -0.25) is 4.79 Å². The highest BCUT2D eigenvalue weighted by Gasteiger charge is 2.61. The molecule has 2 aliphatic rings. The van der Waals surface area contributed by atoms with Crippen molar-refractivity contribution >= 4 is 5.97 Å². The van der Waals surface area contributed by atoms with Crippen LogP contribution in [0.2, 0.25) is 0 Å². The van der Waals surface area contributed by atoms with Gasteiger partial charge in [-0.05, 0) is 45.2 Å². The lowest BCUT2D eigenvalue weighted by Crippen LogP contribution is -2.51. The van der Waals surface area contributed by atoms with Gasteiger partial charge >= 0.3 is 5.97 Å². The lowest BCUT2D eigenvalue weighted by Gasteiger charge is -2.51. The van der Waals surface area contributed by atoms with E-state index in [9.17, 15) is 4.79 Å². The molecule has 0 N–H and O–H groups in total. The molecule has 21 heavy (non-hydrogen) atoms. The molecular weight excluding hydrogens is 260 g/mol. The molecule has 0 unspecified atom stereocenters. The standard InChI is InChI=1S/C19H24O2/c1-13-10-18(5)15-9-7-6-8-14(15)11-19(13,18)12-21-16(20)17(2,3)4/h6-10H,11-12H2,1-5H3/t18-,19+/m1/s1. The summed E-state index contributed by atoms with van der Waals surface area (Å²) in [5, 5.41) is 0. The first-order valence-corrected chi connectivity index (χ1v) is 7.66. The van der Waals surface area contributed by atoms with E-state index >= 15 is 0 Å². The van der Waals surface area contributed by atoms with Gasteiger partial charge in [0.2, 0.25) is 0 Å². The number of hydrogen-bond donors (Lipinski definition) is 0. The van der Waals surface area contributed by atoms with Gasteiger partial charge in [0, 0.05) is 10.8 Å². The largest absolute Gasteiger partial charge is 0.464 e. The van der Waals surface area contributed by atoms with Crippen LogP contribution in [0.3, 0.4) is 0 Å². The van der Waals surface area contributed by atoms with Crippen molar-refractivity contribution in [1.29, 1.82) is 0 Å². The van der Waals surface area contributed by atoms with Crippen LogP contribution in [0.5, 0.6) is 0 Å². The number of carbonyl (C=O) groups is 1. The fourth-order valence-corrected chi connectivity index (χ4v) is 3.93. The molecule has 1 aromatic carbocycles. The van der Waals surface area contributed by atoms with E-state index in [1.54, 1.807) is 0 Å². The van der Waals surface area contributed by atoms with Crippen LogP contribution >= 0.6 is 0 Å². The van der Waals surface area contributed by atoms with Crippen LogP contribution in [-0.4, -0.2) is 12.6 Å². The maximum Gasteiger partial charge on any atom is 0.311 e. The first kappa shape index (κ1) is 14.4. The van der Waals surface area contributed by atoms with Crippen molar-refractivity contribution in [2.75, 3.05) is 6.61 Å². The van der Waals surface area contributed by atoms with E-state index in [2.05, 4.69) is 44.2 Å². The number of esters is 1. The molecule has 0 saturated heterocycles. The van der Waals surface area contributed by atoms with Gasteiger partial charge in [-0.1, -0.05) is 42.8 Å². The zero-order valence-electron chi connectivity index (χ0n) is 13.6. The number of carbonyl (C=O) groups excluding carboxylic acids is 1. The van der Waals surface area contributed by atoms with E-state index in [1.165, 1.54) is 16.7 Å². The third-order valence-electron chi connectivity index (χ3n) is 5.39. The highest BCUT2D eigenvalue weighted by atomic mass is 16.5. The molecule has 0 aliphatic heterocycles. The summed E-state index contributed by atoms with van der Waals surface area (Å²) in [5.74, 6) is -0.116. The summed E-state index contributed by atoms with van der Waals surface area (Å²) in [5.41, 5.74) is 3.65. The van der Waals surface area contributed by atoms with E-state index in [-0.39, 0.29) is 16.8 Å². The zero-order valence-corrected chi connectivity index (χ0v) is 13.6. The molecular formula is C19H24O2. The van der Waals surface area contributed by atoms with Crippen LogP contribution in [0.15, 0.2) is 35.9 Å². The van der Waals surface area contributed by atoms with Crippen molar-refractivity contribution in [3.8, 4) is 0 Å². The molecule has 112 valence electrons. The smallest absolute Gasteiger partial charge is 0.311 e. The third-order valence-corrected chi connectivity index (χ3v) is 5.39. The first-order valence-electron chi connectivity index (χ1n) is 7.66. The van der Waals surface area contributed by atoms with Crippen molar-refractivity contribution in [2.45, 2.75) is 46.5 Å².